The number of anilines is 1. The number of halogens is 5. The van der Waals surface area contributed by atoms with Crippen LogP contribution in [0, 0.1) is 0 Å². The van der Waals surface area contributed by atoms with Gasteiger partial charge in [-0.05, 0) is 63.4 Å². The third-order valence-electron chi connectivity index (χ3n) is 7.88. The van der Waals surface area contributed by atoms with Gasteiger partial charge in [0.15, 0.2) is 0 Å². The van der Waals surface area contributed by atoms with E-state index in [0.717, 1.165) is 11.8 Å². The molecule has 1 atom stereocenters. The number of aliphatic imine (C=N–C) groups is 1. The van der Waals surface area contributed by atoms with Gasteiger partial charge in [0.25, 0.3) is 5.92 Å². The van der Waals surface area contributed by atoms with E-state index in [0.29, 0.717) is 82.6 Å². The summed E-state index contributed by atoms with van der Waals surface area (Å²) < 4.78 is 77.6. The highest BCUT2D eigenvalue weighted by Gasteiger charge is 2.44. The molecule has 12 heteroatoms. The summed E-state index contributed by atoms with van der Waals surface area (Å²) in [5.41, 5.74) is 1.00. The van der Waals surface area contributed by atoms with Crippen LogP contribution in [-0.4, -0.2) is 86.6 Å². The number of unbranched alkanes of at least 4 members (excludes halogenated alkanes) is 1. The highest BCUT2D eigenvalue weighted by atomic mass is 19.4. The van der Waals surface area contributed by atoms with Crippen molar-refractivity contribution >= 4 is 17.4 Å². The Morgan fingerprint density at radius 2 is 1.98 bits per heavy atom. The number of aryl methyl sites for hydroxylation is 1. The van der Waals surface area contributed by atoms with Crippen LogP contribution in [0.25, 0.3) is 0 Å². The molecule has 2 heterocycles. The summed E-state index contributed by atoms with van der Waals surface area (Å²) in [5, 5.41) is 5.98. The van der Waals surface area contributed by atoms with E-state index in [1.807, 2.05) is 13.8 Å². The second kappa shape index (κ2) is 16.4. The number of amidine groups is 1. The molecule has 1 amide bonds. The van der Waals surface area contributed by atoms with Crippen molar-refractivity contribution in [3.05, 3.63) is 52.9 Å². The second-order valence-corrected chi connectivity index (χ2v) is 11.4. The van der Waals surface area contributed by atoms with E-state index in [2.05, 4.69) is 15.6 Å². The number of allylic oxidation sites excluding steroid dienone is 2. The van der Waals surface area contributed by atoms with Crippen molar-refractivity contribution in [3.63, 3.8) is 0 Å². The van der Waals surface area contributed by atoms with Crippen LogP contribution in [0.5, 0.6) is 0 Å². The molecule has 44 heavy (non-hydrogen) atoms. The molecule has 7 nitrogen and oxygen atoms in total. The van der Waals surface area contributed by atoms with Gasteiger partial charge < -0.3 is 25.2 Å². The number of piperidine rings is 1. The van der Waals surface area contributed by atoms with Crippen LogP contribution in [0.1, 0.15) is 69.9 Å². The molecule has 1 unspecified atom stereocenters. The number of benzene rings is 1. The first-order chi connectivity index (χ1) is 20.9. The lowest BCUT2D eigenvalue weighted by molar-refractivity contribution is -0.130. The summed E-state index contributed by atoms with van der Waals surface area (Å²) in [4.78, 5) is 19.6. The number of nitrogens with one attached hydrogen (secondary N) is 2. The Bertz CT molecular complexity index is 1200. The van der Waals surface area contributed by atoms with Crippen molar-refractivity contribution < 1.29 is 31.5 Å². The standard InChI is InChI=1S/C32H46F5N5O2/c1-5-7-9-29(38-14-8-15-42-17-19-44-18-13-30(42)43)27(32(35,36)37)21-39-23(3)40-28-11-10-25(20-24(28)6-2)26-12-16-41(4)22-31(26,33)34/h9-11,20-21,26,38H,5-8,12-19,22H2,1-4H3,(H,39,40)/b27-21+,29-9-. The van der Waals surface area contributed by atoms with Gasteiger partial charge in [0, 0.05) is 37.2 Å². The Morgan fingerprint density at radius 3 is 2.66 bits per heavy atom. The van der Waals surface area contributed by atoms with Crippen LogP contribution in [0.4, 0.5) is 27.6 Å². The number of likely N-dealkylation sites (tertiary alicyclic amines) is 1. The molecule has 0 spiro atoms. The van der Waals surface area contributed by atoms with E-state index >= 15 is 0 Å². The van der Waals surface area contributed by atoms with Gasteiger partial charge in [-0.3, -0.25) is 4.79 Å². The zero-order valence-electron chi connectivity index (χ0n) is 26.2. The summed E-state index contributed by atoms with van der Waals surface area (Å²) in [5.74, 6) is -3.52. The third-order valence-corrected chi connectivity index (χ3v) is 7.88. The van der Waals surface area contributed by atoms with Crippen LogP contribution in [-0.2, 0) is 16.0 Å². The van der Waals surface area contributed by atoms with Crippen LogP contribution < -0.4 is 10.6 Å². The van der Waals surface area contributed by atoms with Crippen molar-refractivity contribution in [2.24, 2.45) is 4.99 Å². The summed E-state index contributed by atoms with van der Waals surface area (Å²) in [7, 11) is 1.69. The SMILES string of the molecule is CCC/C=C(NCCCN1CCOCCC1=O)/C(=C\N=C(C)Nc1ccc(C2CCN(C)CC2(F)F)cc1CC)C(F)(F)F. The van der Waals surface area contributed by atoms with Gasteiger partial charge in [-0.25, -0.2) is 13.8 Å². The predicted molar refractivity (Wildman–Crippen MR) is 164 cm³/mol. The molecule has 246 valence electrons. The third kappa shape index (κ3) is 10.3. The minimum atomic E-state index is -4.66. The molecule has 1 aromatic carbocycles. The average molecular weight is 628 g/mol. The fourth-order valence-corrected chi connectivity index (χ4v) is 5.46. The van der Waals surface area contributed by atoms with Crippen LogP contribution in [0.3, 0.4) is 0 Å². The monoisotopic (exact) mass is 627 g/mol. The maximum absolute atomic E-state index is 14.8. The van der Waals surface area contributed by atoms with Crippen molar-refractivity contribution in [2.45, 2.75) is 77.3 Å². The predicted octanol–water partition coefficient (Wildman–Crippen LogP) is 6.49. The number of rotatable bonds is 12. The van der Waals surface area contributed by atoms with Gasteiger partial charge >= 0.3 is 6.18 Å². The molecule has 0 bridgehead atoms. The molecule has 0 saturated carbocycles. The largest absolute Gasteiger partial charge is 0.419 e. The first-order valence-electron chi connectivity index (χ1n) is 15.4. The van der Waals surface area contributed by atoms with Gasteiger partial charge in [-0.1, -0.05) is 38.5 Å². The molecule has 0 aliphatic carbocycles. The number of hydrogen-bond acceptors (Lipinski definition) is 5. The molecule has 2 saturated heterocycles. The summed E-state index contributed by atoms with van der Waals surface area (Å²) in [6.45, 7) is 7.61. The van der Waals surface area contributed by atoms with Crippen molar-refractivity contribution in [3.8, 4) is 0 Å². The number of hydrogen-bond donors (Lipinski definition) is 2. The van der Waals surface area contributed by atoms with Crippen molar-refractivity contribution in [2.75, 3.05) is 58.3 Å². The lowest BCUT2D eigenvalue weighted by atomic mass is 9.85. The van der Waals surface area contributed by atoms with Gasteiger partial charge in [0.2, 0.25) is 5.91 Å². The fraction of sp³-hybridized carbons (Fsp3) is 0.625. The topological polar surface area (TPSA) is 69.2 Å². The maximum atomic E-state index is 14.8. The summed E-state index contributed by atoms with van der Waals surface area (Å²) in [6, 6.07) is 5.13. The maximum Gasteiger partial charge on any atom is 0.419 e. The molecule has 0 radical (unpaired) electrons. The molecule has 1 aromatic rings. The molecular weight excluding hydrogens is 581 g/mol. The minimum Gasteiger partial charge on any atom is -0.385 e. The van der Waals surface area contributed by atoms with E-state index in [9.17, 15) is 26.7 Å². The fourth-order valence-electron chi connectivity index (χ4n) is 5.46. The highest BCUT2D eigenvalue weighted by molar-refractivity contribution is 5.94. The Labute approximate surface area is 257 Å². The Balaban J connectivity index is 1.74. The molecule has 2 N–H and O–H groups in total. The quantitative estimate of drug-likeness (QED) is 0.0912. The number of carbonyl (C=O) groups is 1. The smallest absolute Gasteiger partial charge is 0.385 e. The van der Waals surface area contributed by atoms with E-state index in [-0.39, 0.29) is 30.5 Å². The van der Waals surface area contributed by atoms with Crippen LogP contribution >= 0.6 is 0 Å². The first-order valence-corrected chi connectivity index (χ1v) is 15.4. The molecule has 2 aliphatic rings. The Morgan fingerprint density at radius 1 is 1.20 bits per heavy atom. The van der Waals surface area contributed by atoms with E-state index < -0.39 is 23.6 Å². The lowest BCUT2D eigenvalue weighted by Gasteiger charge is -2.37. The molecular formula is C32H46F5N5O2. The zero-order chi connectivity index (χ0) is 32.3. The van der Waals surface area contributed by atoms with Gasteiger partial charge in [-0.2, -0.15) is 13.2 Å². The molecule has 2 fully saturated rings. The van der Waals surface area contributed by atoms with E-state index in [4.69, 9.17) is 4.74 Å². The Hall–Kier alpha value is -2.99. The highest BCUT2D eigenvalue weighted by Crippen LogP contribution is 2.41. The van der Waals surface area contributed by atoms with Crippen LogP contribution in [0.15, 0.2) is 46.7 Å². The molecule has 0 aromatic heterocycles. The average Bonchev–Trinajstić information content (AvgIpc) is 3.16. The number of carbonyl (C=O) groups excluding carboxylic acids is 1. The van der Waals surface area contributed by atoms with Gasteiger partial charge in [-0.15, -0.1) is 0 Å². The van der Waals surface area contributed by atoms with Crippen LogP contribution in [0.2, 0.25) is 0 Å². The number of amides is 1. The normalized spacial score (nSPS) is 20.9. The summed E-state index contributed by atoms with van der Waals surface area (Å²) in [6.07, 6.45) is 0.462. The van der Waals surface area contributed by atoms with E-state index in [1.54, 1.807) is 42.0 Å². The number of alkyl halides is 5. The van der Waals surface area contributed by atoms with Crippen molar-refractivity contribution in [1.82, 2.24) is 15.1 Å². The number of nitrogens with zero attached hydrogens (tertiary/aromatic N) is 3. The summed E-state index contributed by atoms with van der Waals surface area (Å²) >= 11 is 0. The first kappa shape index (κ1) is 35.5. The zero-order valence-corrected chi connectivity index (χ0v) is 26.2. The Kier molecular flexibility index (Phi) is 13.2. The minimum absolute atomic E-state index is 0.0157. The van der Waals surface area contributed by atoms with Crippen molar-refractivity contribution in [1.29, 1.82) is 0 Å². The van der Waals surface area contributed by atoms with E-state index in [1.165, 1.54) is 6.08 Å². The second-order valence-electron chi connectivity index (χ2n) is 11.4. The van der Waals surface area contributed by atoms with Gasteiger partial charge in [0.1, 0.15) is 5.84 Å². The van der Waals surface area contributed by atoms with Gasteiger partial charge in [0.05, 0.1) is 37.7 Å². The molecule has 2 aliphatic heterocycles. The molecule has 3 rings (SSSR count). The lowest BCUT2D eigenvalue weighted by Crippen LogP contribution is -2.45. The number of ether oxygens (including phenoxy) is 1.